The number of methoxy groups -OCH3 is 1. The highest BCUT2D eigenvalue weighted by molar-refractivity contribution is 6.46. The van der Waals surface area contributed by atoms with Gasteiger partial charge in [-0.25, -0.2) is 9.37 Å². The van der Waals surface area contributed by atoms with Crippen molar-refractivity contribution in [1.29, 1.82) is 0 Å². The van der Waals surface area contributed by atoms with Gasteiger partial charge >= 0.3 is 0 Å². The van der Waals surface area contributed by atoms with E-state index in [1.165, 1.54) is 36.3 Å². The largest absolute Gasteiger partial charge is 0.507 e. The van der Waals surface area contributed by atoms with Gasteiger partial charge in [-0.2, -0.15) is 0 Å². The third kappa shape index (κ3) is 4.12. The maximum Gasteiger partial charge on any atom is 0.295 e. The van der Waals surface area contributed by atoms with Crippen molar-refractivity contribution in [1.82, 2.24) is 14.5 Å². The van der Waals surface area contributed by atoms with E-state index in [4.69, 9.17) is 4.74 Å². The Balaban J connectivity index is 1.71. The third-order valence-corrected chi connectivity index (χ3v) is 5.46. The number of halogens is 1. The van der Waals surface area contributed by atoms with Crippen molar-refractivity contribution in [2.75, 3.05) is 13.7 Å². The number of carbonyl (C=O) groups is 2. The molecular weight excluding hydrogens is 413 g/mol. The summed E-state index contributed by atoms with van der Waals surface area (Å²) in [6, 6.07) is 11.3. The Hall–Kier alpha value is -3.94. The summed E-state index contributed by atoms with van der Waals surface area (Å²) in [6.45, 7) is 0.891. The lowest BCUT2D eigenvalue weighted by molar-refractivity contribution is -0.139. The summed E-state index contributed by atoms with van der Waals surface area (Å²) >= 11 is 0. The van der Waals surface area contributed by atoms with Crippen LogP contribution in [0.4, 0.5) is 4.39 Å². The molecule has 1 amide bonds. The number of amides is 1. The minimum Gasteiger partial charge on any atom is -0.507 e. The fourth-order valence-electron chi connectivity index (χ4n) is 3.85. The molecule has 8 heteroatoms. The molecule has 32 heavy (non-hydrogen) atoms. The van der Waals surface area contributed by atoms with E-state index in [-0.39, 0.29) is 17.9 Å². The molecule has 1 aliphatic rings. The lowest BCUT2D eigenvalue weighted by atomic mass is 9.95. The maximum absolute atomic E-state index is 13.5. The van der Waals surface area contributed by atoms with E-state index in [2.05, 4.69) is 4.98 Å². The van der Waals surface area contributed by atoms with Gasteiger partial charge in [-0.1, -0.05) is 12.1 Å². The molecule has 4 rings (SSSR count). The van der Waals surface area contributed by atoms with Gasteiger partial charge in [0.15, 0.2) is 0 Å². The van der Waals surface area contributed by atoms with Gasteiger partial charge in [0.2, 0.25) is 0 Å². The molecule has 0 spiro atoms. The van der Waals surface area contributed by atoms with Crippen molar-refractivity contribution in [3.8, 4) is 5.75 Å². The molecule has 0 aliphatic carbocycles. The van der Waals surface area contributed by atoms with Crippen LogP contribution in [0.3, 0.4) is 0 Å². The van der Waals surface area contributed by atoms with E-state index >= 15 is 0 Å². The first-order valence-electron chi connectivity index (χ1n) is 10.1. The Bertz CT molecular complexity index is 1140. The molecule has 164 valence electrons. The lowest BCUT2D eigenvalue weighted by Gasteiger charge is -2.25. The first-order chi connectivity index (χ1) is 15.5. The zero-order valence-electron chi connectivity index (χ0n) is 17.4. The van der Waals surface area contributed by atoms with Gasteiger partial charge in [-0.3, -0.25) is 9.59 Å². The molecule has 1 aliphatic heterocycles. The smallest absolute Gasteiger partial charge is 0.295 e. The van der Waals surface area contributed by atoms with Crippen molar-refractivity contribution in [2.24, 2.45) is 0 Å². The molecule has 0 bridgehead atoms. The van der Waals surface area contributed by atoms with Gasteiger partial charge in [-0.15, -0.1) is 0 Å². The van der Waals surface area contributed by atoms with Gasteiger partial charge in [0.25, 0.3) is 11.7 Å². The van der Waals surface area contributed by atoms with E-state index in [0.29, 0.717) is 29.8 Å². The number of benzene rings is 2. The number of imidazole rings is 1. The maximum atomic E-state index is 13.5. The van der Waals surface area contributed by atoms with Gasteiger partial charge in [0.1, 0.15) is 17.3 Å². The topological polar surface area (TPSA) is 84.7 Å². The second-order valence-electron chi connectivity index (χ2n) is 7.43. The molecule has 7 nitrogen and oxygen atoms in total. The van der Waals surface area contributed by atoms with Crippen LogP contribution in [0.5, 0.6) is 5.75 Å². The van der Waals surface area contributed by atoms with Crippen LogP contribution in [0.15, 0.2) is 72.8 Å². The van der Waals surface area contributed by atoms with Crippen LogP contribution >= 0.6 is 0 Å². The van der Waals surface area contributed by atoms with E-state index < -0.39 is 23.5 Å². The highest BCUT2D eigenvalue weighted by Crippen LogP contribution is 2.39. The molecule has 1 aromatic heterocycles. The fraction of sp³-hybridized carbons (Fsp3) is 0.208. The van der Waals surface area contributed by atoms with Crippen LogP contribution in [0.25, 0.3) is 5.76 Å². The first kappa shape index (κ1) is 21.3. The quantitative estimate of drug-likeness (QED) is 0.349. The summed E-state index contributed by atoms with van der Waals surface area (Å²) in [5, 5.41) is 11.0. The number of Topliss-reactive ketones (excluding diaryl/α,β-unsaturated/α-hetero) is 1. The number of aliphatic hydroxyl groups is 1. The second kappa shape index (κ2) is 9.05. The molecule has 0 saturated carbocycles. The highest BCUT2D eigenvalue weighted by atomic mass is 19.1. The van der Waals surface area contributed by atoms with Crippen LogP contribution < -0.4 is 4.74 Å². The Kier molecular flexibility index (Phi) is 6.02. The van der Waals surface area contributed by atoms with E-state index in [9.17, 15) is 19.1 Å². The molecule has 0 unspecified atom stereocenters. The molecule has 1 N–H and O–H groups in total. The number of ether oxygens (including phenoxy) is 1. The minimum absolute atomic E-state index is 0.0191. The van der Waals surface area contributed by atoms with Gasteiger partial charge in [0, 0.05) is 31.0 Å². The summed E-state index contributed by atoms with van der Waals surface area (Å²) in [7, 11) is 1.53. The van der Waals surface area contributed by atoms with Crippen molar-refractivity contribution < 1.29 is 23.8 Å². The summed E-state index contributed by atoms with van der Waals surface area (Å²) in [4.78, 5) is 31.3. The predicted molar refractivity (Wildman–Crippen MR) is 115 cm³/mol. The molecule has 3 aromatic rings. The average molecular weight is 435 g/mol. The molecule has 1 fully saturated rings. The monoisotopic (exact) mass is 435 g/mol. The SMILES string of the molecule is COc1ccc(C(O)=C2C(=O)C(=O)N(CCCn3ccnc3)[C@H]2c2ccc(F)cc2)cc1. The Morgan fingerprint density at radius 3 is 2.44 bits per heavy atom. The Labute approximate surface area is 184 Å². The zero-order chi connectivity index (χ0) is 22.7. The van der Waals surface area contributed by atoms with Crippen molar-refractivity contribution >= 4 is 17.4 Å². The van der Waals surface area contributed by atoms with Crippen LogP contribution in [0.2, 0.25) is 0 Å². The number of aryl methyl sites for hydroxylation is 1. The number of rotatable bonds is 7. The summed E-state index contributed by atoms with van der Waals surface area (Å²) in [5.41, 5.74) is 0.909. The summed E-state index contributed by atoms with van der Waals surface area (Å²) < 4.78 is 20.6. The second-order valence-corrected chi connectivity index (χ2v) is 7.43. The Morgan fingerprint density at radius 2 is 1.81 bits per heavy atom. The molecule has 2 aromatic carbocycles. The number of hydrogen-bond donors (Lipinski definition) is 1. The van der Waals surface area contributed by atoms with Crippen molar-refractivity contribution in [3.63, 3.8) is 0 Å². The number of aromatic nitrogens is 2. The summed E-state index contributed by atoms with van der Waals surface area (Å²) in [5.74, 6) is -1.58. The van der Waals surface area contributed by atoms with Gasteiger partial charge in [-0.05, 0) is 48.4 Å². The van der Waals surface area contributed by atoms with Gasteiger partial charge < -0.3 is 19.3 Å². The van der Waals surface area contributed by atoms with Crippen LogP contribution in [-0.4, -0.2) is 44.9 Å². The van der Waals surface area contributed by atoms with Crippen molar-refractivity contribution in [3.05, 3.63) is 89.8 Å². The number of hydrogen-bond acceptors (Lipinski definition) is 5. The summed E-state index contributed by atoms with van der Waals surface area (Å²) in [6.07, 6.45) is 5.73. The first-order valence-corrected chi connectivity index (χ1v) is 10.1. The zero-order valence-corrected chi connectivity index (χ0v) is 17.4. The molecule has 1 atom stereocenters. The van der Waals surface area contributed by atoms with Crippen molar-refractivity contribution in [2.45, 2.75) is 19.0 Å². The molecular formula is C24H22FN3O4. The predicted octanol–water partition coefficient (Wildman–Crippen LogP) is 3.54. The number of likely N-dealkylation sites (tertiary alicyclic amines) is 1. The number of carbonyl (C=O) groups excluding carboxylic acids is 2. The third-order valence-electron chi connectivity index (χ3n) is 5.46. The standard InChI is InChI=1S/C24H22FN3O4/c1-32-19-9-5-17(6-10-19)22(29)20-21(16-3-7-18(25)8-4-16)28(24(31)23(20)30)13-2-12-27-14-11-26-15-27/h3-11,14-15,21,29H,2,12-13H2,1H3/t21-/m0/s1. The lowest BCUT2D eigenvalue weighted by Crippen LogP contribution is -2.31. The van der Waals surface area contributed by atoms with E-state index in [0.717, 1.165) is 0 Å². The molecule has 1 saturated heterocycles. The van der Waals surface area contributed by atoms with E-state index in [1.807, 2.05) is 10.8 Å². The number of aliphatic hydroxyl groups excluding tert-OH is 1. The number of ketones is 1. The van der Waals surface area contributed by atoms with E-state index in [1.54, 1.807) is 36.8 Å². The van der Waals surface area contributed by atoms with Crippen LogP contribution in [-0.2, 0) is 16.1 Å². The highest BCUT2D eigenvalue weighted by Gasteiger charge is 2.45. The fourth-order valence-corrected chi connectivity index (χ4v) is 3.85. The van der Waals surface area contributed by atoms with Crippen LogP contribution in [0, 0.1) is 5.82 Å². The van der Waals surface area contributed by atoms with Gasteiger partial charge in [0.05, 0.1) is 25.1 Å². The minimum atomic E-state index is -0.819. The normalized spacial score (nSPS) is 17.7. The molecule has 0 radical (unpaired) electrons. The molecule has 2 heterocycles. The number of nitrogens with zero attached hydrogens (tertiary/aromatic N) is 3. The average Bonchev–Trinajstić information content (AvgIpc) is 3.41. The van der Waals surface area contributed by atoms with Crippen LogP contribution in [0.1, 0.15) is 23.6 Å². The Morgan fingerprint density at radius 1 is 1.09 bits per heavy atom.